The van der Waals surface area contributed by atoms with Gasteiger partial charge in [0.2, 0.25) is 11.8 Å². The minimum atomic E-state index is -0.169. The molecule has 0 aromatic heterocycles. The van der Waals surface area contributed by atoms with E-state index < -0.39 is 0 Å². The number of hydrogen-bond donors (Lipinski definition) is 1. The molecule has 0 radical (unpaired) electrons. The van der Waals surface area contributed by atoms with Crippen molar-refractivity contribution in [2.75, 3.05) is 18.9 Å². The molecule has 4 nitrogen and oxygen atoms in total. The molecule has 4 heteroatoms. The van der Waals surface area contributed by atoms with Crippen LogP contribution in [0.25, 0.3) is 0 Å². The summed E-state index contributed by atoms with van der Waals surface area (Å²) in [5.74, 6) is -0.294. The molecule has 0 aliphatic carbocycles. The smallest absolute Gasteiger partial charge is 0.243 e. The number of para-hydroxylation sites is 1. The van der Waals surface area contributed by atoms with Crippen molar-refractivity contribution >= 4 is 17.5 Å². The summed E-state index contributed by atoms with van der Waals surface area (Å²) in [6.07, 6.45) is 0.858. The summed E-state index contributed by atoms with van der Waals surface area (Å²) in [6, 6.07) is 7.69. The van der Waals surface area contributed by atoms with Crippen molar-refractivity contribution in [3.8, 4) is 0 Å². The number of benzene rings is 1. The third-order valence-corrected chi connectivity index (χ3v) is 2.92. The monoisotopic (exact) mass is 262 g/mol. The Bertz CT molecular complexity index is 455. The zero-order valence-corrected chi connectivity index (χ0v) is 12.1. The second-order valence-corrected chi connectivity index (χ2v) is 4.91. The summed E-state index contributed by atoms with van der Waals surface area (Å²) in [5.41, 5.74) is 1.91. The van der Waals surface area contributed by atoms with E-state index in [2.05, 4.69) is 5.32 Å². The number of carbonyl (C=O) groups is 2. The predicted octanol–water partition coefficient (Wildman–Crippen LogP) is 2.30. The van der Waals surface area contributed by atoms with Crippen molar-refractivity contribution in [2.24, 2.45) is 5.92 Å². The molecule has 0 spiro atoms. The van der Waals surface area contributed by atoms with Crippen LogP contribution < -0.4 is 5.32 Å². The maximum Gasteiger partial charge on any atom is 0.243 e. The number of nitrogens with one attached hydrogen (secondary N) is 1. The molecule has 0 atom stereocenters. The quantitative estimate of drug-likeness (QED) is 0.885. The van der Waals surface area contributed by atoms with E-state index in [1.54, 1.807) is 7.05 Å². The van der Waals surface area contributed by atoms with Crippen LogP contribution in [0, 0.1) is 5.92 Å². The minimum Gasteiger partial charge on any atom is -0.336 e. The Balaban J connectivity index is 2.63. The summed E-state index contributed by atoms with van der Waals surface area (Å²) >= 11 is 0. The van der Waals surface area contributed by atoms with E-state index in [0.29, 0.717) is 0 Å². The molecule has 2 amide bonds. The highest BCUT2D eigenvalue weighted by Gasteiger charge is 2.16. The molecule has 0 aliphatic rings. The Hall–Kier alpha value is -1.84. The van der Waals surface area contributed by atoms with Gasteiger partial charge in [0.25, 0.3) is 0 Å². The molecule has 0 bridgehead atoms. The van der Waals surface area contributed by atoms with Crippen molar-refractivity contribution in [1.29, 1.82) is 0 Å². The number of aryl methyl sites for hydroxylation is 1. The van der Waals surface area contributed by atoms with Gasteiger partial charge >= 0.3 is 0 Å². The van der Waals surface area contributed by atoms with E-state index >= 15 is 0 Å². The van der Waals surface area contributed by atoms with E-state index in [1.165, 1.54) is 4.90 Å². The lowest BCUT2D eigenvalue weighted by molar-refractivity contribution is -0.136. The first-order valence-corrected chi connectivity index (χ1v) is 6.58. The molecular weight excluding hydrogens is 240 g/mol. The molecule has 1 aromatic rings. The Kier molecular flexibility index (Phi) is 5.55. The summed E-state index contributed by atoms with van der Waals surface area (Å²) in [6.45, 7) is 5.76. The molecule has 0 fully saturated rings. The van der Waals surface area contributed by atoms with Crippen molar-refractivity contribution in [2.45, 2.75) is 27.2 Å². The second kappa shape index (κ2) is 6.92. The van der Waals surface area contributed by atoms with Crippen LogP contribution in [-0.2, 0) is 16.0 Å². The van der Waals surface area contributed by atoms with Gasteiger partial charge in [-0.2, -0.15) is 0 Å². The van der Waals surface area contributed by atoms with Crippen LogP contribution >= 0.6 is 0 Å². The molecule has 0 aliphatic heterocycles. The number of nitrogens with zero attached hydrogens (tertiary/aromatic N) is 1. The van der Waals surface area contributed by atoms with Crippen LogP contribution in [0.5, 0.6) is 0 Å². The molecule has 0 saturated carbocycles. The maximum absolute atomic E-state index is 11.9. The van der Waals surface area contributed by atoms with E-state index in [-0.39, 0.29) is 24.3 Å². The first-order valence-electron chi connectivity index (χ1n) is 6.58. The zero-order valence-electron chi connectivity index (χ0n) is 12.1. The van der Waals surface area contributed by atoms with Crippen molar-refractivity contribution < 1.29 is 9.59 Å². The van der Waals surface area contributed by atoms with Crippen LogP contribution in [0.1, 0.15) is 26.3 Å². The van der Waals surface area contributed by atoms with Crippen LogP contribution in [-0.4, -0.2) is 30.3 Å². The molecular formula is C15H22N2O2. The van der Waals surface area contributed by atoms with Crippen molar-refractivity contribution in [1.82, 2.24) is 4.90 Å². The second-order valence-electron chi connectivity index (χ2n) is 4.91. The zero-order chi connectivity index (χ0) is 14.4. The summed E-state index contributed by atoms with van der Waals surface area (Å²) in [7, 11) is 1.65. The largest absolute Gasteiger partial charge is 0.336 e. The van der Waals surface area contributed by atoms with Gasteiger partial charge in [-0.1, -0.05) is 39.0 Å². The fourth-order valence-electron chi connectivity index (χ4n) is 1.87. The third-order valence-electron chi connectivity index (χ3n) is 2.92. The topological polar surface area (TPSA) is 49.4 Å². The highest BCUT2D eigenvalue weighted by Crippen LogP contribution is 2.15. The van der Waals surface area contributed by atoms with Gasteiger partial charge in [0, 0.05) is 18.7 Å². The summed E-state index contributed by atoms with van der Waals surface area (Å²) in [4.78, 5) is 25.1. The van der Waals surface area contributed by atoms with Gasteiger partial charge in [0.15, 0.2) is 0 Å². The minimum absolute atomic E-state index is 0.0288. The van der Waals surface area contributed by atoms with Crippen LogP contribution in [0.2, 0.25) is 0 Å². The van der Waals surface area contributed by atoms with E-state index in [1.807, 2.05) is 45.0 Å². The van der Waals surface area contributed by atoms with Gasteiger partial charge in [-0.05, 0) is 18.1 Å². The standard InChI is InChI=1S/C15H22N2O2/c1-5-12-8-6-7-9-13(12)16-14(18)10-17(4)15(19)11(2)3/h6-9,11H,5,10H2,1-4H3,(H,16,18). The molecule has 104 valence electrons. The SMILES string of the molecule is CCc1ccccc1NC(=O)CN(C)C(=O)C(C)C. The first kappa shape index (κ1) is 15.2. The normalized spacial score (nSPS) is 10.4. The molecule has 0 unspecified atom stereocenters. The summed E-state index contributed by atoms with van der Waals surface area (Å²) < 4.78 is 0. The summed E-state index contributed by atoms with van der Waals surface area (Å²) in [5, 5.41) is 2.85. The van der Waals surface area contributed by atoms with E-state index in [0.717, 1.165) is 17.7 Å². The number of anilines is 1. The predicted molar refractivity (Wildman–Crippen MR) is 76.9 cm³/mol. The highest BCUT2D eigenvalue weighted by atomic mass is 16.2. The van der Waals surface area contributed by atoms with E-state index in [9.17, 15) is 9.59 Å². The third kappa shape index (κ3) is 4.39. The van der Waals surface area contributed by atoms with Gasteiger partial charge in [0.05, 0.1) is 6.54 Å². The van der Waals surface area contributed by atoms with Crippen molar-refractivity contribution in [3.63, 3.8) is 0 Å². The number of likely N-dealkylation sites (N-methyl/N-ethyl adjacent to an activating group) is 1. The average molecular weight is 262 g/mol. The Labute approximate surface area is 114 Å². The molecule has 1 N–H and O–H groups in total. The van der Waals surface area contributed by atoms with Gasteiger partial charge in [0.1, 0.15) is 0 Å². The Morgan fingerprint density at radius 1 is 1.26 bits per heavy atom. The van der Waals surface area contributed by atoms with Crippen LogP contribution in [0.15, 0.2) is 24.3 Å². The molecule has 0 heterocycles. The lowest BCUT2D eigenvalue weighted by Crippen LogP contribution is -2.37. The average Bonchev–Trinajstić information content (AvgIpc) is 2.38. The molecule has 19 heavy (non-hydrogen) atoms. The number of hydrogen-bond acceptors (Lipinski definition) is 2. The maximum atomic E-state index is 11.9. The van der Waals surface area contributed by atoms with Gasteiger partial charge in [-0.15, -0.1) is 0 Å². The number of carbonyl (C=O) groups excluding carboxylic acids is 2. The lowest BCUT2D eigenvalue weighted by atomic mass is 10.1. The lowest BCUT2D eigenvalue weighted by Gasteiger charge is -2.19. The molecule has 1 rings (SSSR count). The van der Waals surface area contributed by atoms with Crippen molar-refractivity contribution in [3.05, 3.63) is 29.8 Å². The molecule has 1 aromatic carbocycles. The van der Waals surface area contributed by atoms with Gasteiger partial charge in [-0.3, -0.25) is 9.59 Å². The van der Waals surface area contributed by atoms with Gasteiger partial charge in [-0.25, -0.2) is 0 Å². The first-order chi connectivity index (χ1) is 8.95. The number of rotatable bonds is 5. The van der Waals surface area contributed by atoms with Crippen LogP contribution in [0.3, 0.4) is 0 Å². The Morgan fingerprint density at radius 3 is 2.47 bits per heavy atom. The Morgan fingerprint density at radius 2 is 1.89 bits per heavy atom. The van der Waals surface area contributed by atoms with Gasteiger partial charge < -0.3 is 10.2 Å². The van der Waals surface area contributed by atoms with Crippen LogP contribution in [0.4, 0.5) is 5.69 Å². The number of amides is 2. The van der Waals surface area contributed by atoms with E-state index in [4.69, 9.17) is 0 Å². The fraction of sp³-hybridized carbons (Fsp3) is 0.467. The molecule has 0 saturated heterocycles. The fourth-order valence-corrected chi connectivity index (χ4v) is 1.87. The highest BCUT2D eigenvalue weighted by molar-refractivity contribution is 5.95.